The quantitative estimate of drug-likeness (QED) is 0.532. The number of ether oxygens (including phenoxy) is 4. The van der Waals surface area contributed by atoms with Crippen molar-refractivity contribution >= 4 is 33.2 Å². The first-order chi connectivity index (χ1) is 16.1. The molecule has 11 heteroatoms. The highest BCUT2D eigenvalue weighted by Gasteiger charge is 2.37. The monoisotopic (exact) mass is 517 g/mol. The van der Waals surface area contributed by atoms with Crippen LogP contribution < -0.4 is 14.8 Å². The molecule has 10 nitrogen and oxygen atoms in total. The number of benzene rings is 1. The number of anilines is 1. The summed E-state index contributed by atoms with van der Waals surface area (Å²) in [6.07, 6.45) is 3.21. The Kier molecular flexibility index (Phi) is 6.09. The molecule has 33 heavy (non-hydrogen) atoms. The highest BCUT2D eigenvalue weighted by Crippen LogP contribution is 2.32. The predicted molar refractivity (Wildman–Crippen MR) is 123 cm³/mol. The van der Waals surface area contributed by atoms with Gasteiger partial charge in [-0.3, -0.25) is 9.20 Å². The molecule has 2 aliphatic heterocycles. The fourth-order valence-electron chi connectivity index (χ4n) is 4.22. The van der Waals surface area contributed by atoms with Gasteiger partial charge in [0.25, 0.3) is 0 Å². The molecular weight excluding hydrogens is 494 g/mol. The number of halogens is 1. The largest absolute Gasteiger partial charge is 0.497 e. The SMILES string of the molecule is COc1ccc(CNc2nccn3c([C@H]4CN5C(=O)COC[C@@H]5CO4)nc(Br)c23)c(OC)c1. The van der Waals surface area contributed by atoms with Crippen LogP contribution in [0.1, 0.15) is 17.5 Å². The topological polar surface area (TPSA) is 99.5 Å². The second-order valence-electron chi connectivity index (χ2n) is 7.82. The number of fused-ring (bicyclic) bond motifs is 2. The molecule has 1 N–H and O–H groups in total. The van der Waals surface area contributed by atoms with Gasteiger partial charge >= 0.3 is 0 Å². The second-order valence-corrected chi connectivity index (χ2v) is 8.57. The van der Waals surface area contributed by atoms with Crippen LogP contribution in [0.15, 0.2) is 35.2 Å². The normalized spacial score (nSPS) is 20.6. The zero-order valence-corrected chi connectivity index (χ0v) is 19.9. The van der Waals surface area contributed by atoms with Gasteiger partial charge in [0, 0.05) is 30.6 Å². The van der Waals surface area contributed by atoms with E-state index in [4.69, 9.17) is 23.9 Å². The van der Waals surface area contributed by atoms with Gasteiger partial charge in [0.05, 0.1) is 40.0 Å². The molecule has 3 aromatic rings. The molecule has 2 aliphatic rings. The van der Waals surface area contributed by atoms with E-state index in [1.54, 1.807) is 20.4 Å². The number of imidazole rings is 1. The Labute approximate surface area is 198 Å². The van der Waals surface area contributed by atoms with Gasteiger partial charge in [-0.25, -0.2) is 9.97 Å². The number of aromatic nitrogens is 3. The molecule has 0 bridgehead atoms. The smallest absolute Gasteiger partial charge is 0.249 e. The van der Waals surface area contributed by atoms with E-state index < -0.39 is 0 Å². The predicted octanol–water partition coefficient (Wildman–Crippen LogP) is 2.42. The van der Waals surface area contributed by atoms with Crippen molar-refractivity contribution in [2.45, 2.75) is 18.7 Å². The number of carbonyl (C=O) groups excluding carboxylic acids is 1. The van der Waals surface area contributed by atoms with E-state index in [1.807, 2.05) is 33.7 Å². The number of morpholine rings is 2. The molecule has 2 fully saturated rings. The maximum absolute atomic E-state index is 12.3. The van der Waals surface area contributed by atoms with Gasteiger partial charge in [-0.1, -0.05) is 0 Å². The Morgan fingerprint density at radius 3 is 2.97 bits per heavy atom. The first kappa shape index (κ1) is 21.9. The van der Waals surface area contributed by atoms with Crippen molar-refractivity contribution in [3.8, 4) is 11.5 Å². The summed E-state index contributed by atoms with van der Waals surface area (Å²) in [5.41, 5.74) is 1.75. The summed E-state index contributed by atoms with van der Waals surface area (Å²) in [5.74, 6) is 2.81. The molecule has 0 aliphatic carbocycles. The number of methoxy groups -OCH3 is 2. The highest BCUT2D eigenvalue weighted by molar-refractivity contribution is 9.10. The van der Waals surface area contributed by atoms with Gasteiger partial charge in [-0.2, -0.15) is 0 Å². The Morgan fingerprint density at radius 2 is 2.15 bits per heavy atom. The van der Waals surface area contributed by atoms with Gasteiger partial charge in [-0.15, -0.1) is 0 Å². The van der Waals surface area contributed by atoms with Crippen molar-refractivity contribution in [1.29, 1.82) is 0 Å². The van der Waals surface area contributed by atoms with Crippen LogP contribution in [0.3, 0.4) is 0 Å². The van der Waals surface area contributed by atoms with Crippen molar-refractivity contribution in [3.05, 3.63) is 46.6 Å². The van der Waals surface area contributed by atoms with E-state index in [2.05, 4.69) is 26.2 Å². The summed E-state index contributed by atoms with van der Waals surface area (Å²) in [7, 11) is 3.25. The van der Waals surface area contributed by atoms with E-state index >= 15 is 0 Å². The maximum Gasteiger partial charge on any atom is 0.249 e. The zero-order valence-electron chi connectivity index (χ0n) is 18.3. The number of nitrogens with one attached hydrogen (secondary N) is 1. The van der Waals surface area contributed by atoms with Crippen molar-refractivity contribution < 1.29 is 23.7 Å². The summed E-state index contributed by atoms with van der Waals surface area (Å²) < 4.78 is 24.8. The number of nitrogens with zero attached hydrogens (tertiary/aromatic N) is 4. The fourth-order valence-corrected chi connectivity index (χ4v) is 4.78. The van der Waals surface area contributed by atoms with E-state index in [9.17, 15) is 4.79 Å². The van der Waals surface area contributed by atoms with Crippen LogP contribution in [0.5, 0.6) is 11.5 Å². The Bertz CT molecular complexity index is 1190. The molecule has 0 unspecified atom stereocenters. The van der Waals surface area contributed by atoms with Crippen LogP contribution in [0, 0.1) is 0 Å². The highest BCUT2D eigenvalue weighted by atomic mass is 79.9. The lowest BCUT2D eigenvalue weighted by Gasteiger charge is -2.41. The molecule has 2 atom stereocenters. The molecule has 1 aromatic carbocycles. The van der Waals surface area contributed by atoms with Crippen LogP contribution >= 0.6 is 15.9 Å². The summed E-state index contributed by atoms with van der Waals surface area (Å²) in [6.45, 7) is 1.96. The minimum Gasteiger partial charge on any atom is -0.497 e. The number of amides is 1. The Morgan fingerprint density at radius 1 is 1.27 bits per heavy atom. The molecule has 5 rings (SSSR count). The summed E-state index contributed by atoms with van der Waals surface area (Å²) in [4.78, 5) is 23.4. The van der Waals surface area contributed by atoms with Gasteiger partial charge in [0.15, 0.2) is 5.82 Å². The van der Waals surface area contributed by atoms with E-state index in [-0.39, 0.29) is 24.7 Å². The molecule has 0 spiro atoms. The second kappa shape index (κ2) is 9.16. The van der Waals surface area contributed by atoms with Gasteiger partial charge in [0.1, 0.15) is 40.2 Å². The number of hydrogen-bond acceptors (Lipinski definition) is 8. The average molecular weight is 518 g/mol. The lowest BCUT2D eigenvalue weighted by atomic mass is 10.1. The third-order valence-electron chi connectivity index (χ3n) is 5.92. The van der Waals surface area contributed by atoms with Gasteiger partial charge < -0.3 is 29.2 Å². The van der Waals surface area contributed by atoms with Crippen LogP contribution in [-0.4, -0.2) is 71.8 Å². The van der Waals surface area contributed by atoms with Gasteiger partial charge in [-0.05, 0) is 28.1 Å². The molecule has 0 saturated carbocycles. The van der Waals surface area contributed by atoms with Crippen molar-refractivity contribution in [2.24, 2.45) is 0 Å². The third-order valence-corrected chi connectivity index (χ3v) is 6.47. The van der Waals surface area contributed by atoms with Crippen molar-refractivity contribution in [3.63, 3.8) is 0 Å². The molecule has 1 amide bonds. The standard InChI is InChI=1S/C22H24BrN5O5/c1-30-15-4-3-13(16(7-15)31-2)8-25-21-19-20(23)26-22(27(19)6-5-24-21)17-9-28-14(11-33-17)10-32-12-18(28)29/h3-7,14,17H,8-12H2,1-2H3,(H,24,25)/t14-,17-/m1/s1. The zero-order chi connectivity index (χ0) is 22.9. The van der Waals surface area contributed by atoms with Crippen molar-refractivity contribution in [2.75, 3.05) is 45.9 Å². The summed E-state index contributed by atoms with van der Waals surface area (Å²) >= 11 is 3.58. The summed E-state index contributed by atoms with van der Waals surface area (Å²) in [5, 5.41) is 3.38. The van der Waals surface area contributed by atoms with Crippen molar-refractivity contribution in [1.82, 2.24) is 19.3 Å². The van der Waals surface area contributed by atoms with Crippen LogP contribution in [0.4, 0.5) is 5.82 Å². The Hall–Kier alpha value is -2.89. The molecule has 2 saturated heterocycles. The minimum atomic E-state index is -0.348. The van der Waals surface area contributed by atoms with E-state index in [0.29, 0.717) is 42.5 Å². The number of hydrogen-bond donors (Lipinski definition) is 1. The first-order valence-electron chi connectivity index (χ1n) is 10.5. The fraction of sp³-hybridized carbons (Fsp3) is 0.409. The molecule has 4 heterocycles. The van der Waals surface area contributed by atoms with E-state index in [1.165, 1.54) is 0 Å². The van der Waals surface area contributed by atoms with Crippen LogP contribution in [0.2, 0.25) is 0 Å². The molecular formula is C22H24BrN5O5. The number of carbonyl (C=O) groups is 1. The Balaban J connectivity index is 1.41. The number of rotatable bonds is 6. The molecule has 174 valence electrons. The van der Waals surface area contributed by atoms with Crippen LogP contribution in [0.25, 0.3) is 5.52 Å². The summed E-state index contributed by atoms with van der Waals surface area (Å²) in [6, 6.07) is 5.64. The maximum atomic E-state index is 12.3. The third kappa shape index (κ3) is 4.11. The lowest BCUT2D eigenvalue weighted by Crippen LogP contribution is -2.56. The van der Waals surface area contributed by atoms with Crippen LogP contribution in [-0.2, 0) is 20.8 Å². The van der Waals surface area contributed by atoms with E-state index in [0.717, 1.165) is 22.6 Å². The average Bonchev–Trinajstić information content (AvgIpc) is 3.19. The van der Waals surface area contributed by atoms with Gasteiger partial charge in [0.2, 0.25) is 5.91 Å². The minimum absolute atomic E-state index is 0.0167. The lowest BCUT2D eigenvalue weighted by molar-refractivity contribution is -0.166. The molecule has 0 radical (unpaired) electrons. The first-order valence-corrected chi connectivity index (χ1v) is 11.3. The molecule has 2 aromatic heterocycles.